The van der Waals surface area contributed by atoms with E-state index in [1.165, 1.54) is 15.6 Å². The number of aromatic nitrogens is 2. The summed E-state index contributed by atoms with van der Waals surface area (Å²) in [4.78, 5) is 24.6. The molecule has 2 aromatic heterocycles. The maximum absolute atomic E-state index is 12.5. The summed E-state index contributed by atoms with van der Waals surface area (Å²) in [5, 5.41) is 4.01. The van der Waals surface area contributed by atoms with Gasteiger partial charge >= 0.3 is 0 Å². The number of hydrogen-bond donors (Lipinski definition) is 1. The second-order valence-electron chi connectivity index (χ2n) is 6.77. The number of amides is 1. The first kappa shape index (κ1) is 17.0. The van der Waals surface area contributed by atoms with E-state index in [0.717, 1.165) is 41.7 Å². The van der Waals surface area contributed by atoms with Crippen molar-refractivity contribution in [2.45, 2.75) is 26.2 Å². The van der Waals surface area contributed by atoms with Gasteiger partial charge in [-0.1, -0.05) is 18.2 Å². The Kier molecular flexibility index (Phi) is 4.36. The summed E-state index contributed by atoms with van der Waals surface area (Å²) >= 11 is 1.59. The summed E-state index contributed by atoms with van der Waals surface area (Å²) in [5.74, 6) is 2.12. The minimum absolute atomic E-state index is 0.00775. The van der Waals surface area contributed by atoms with Gasteiger partial charge in [0.1, 0.15) is 11.6 Å². The number of aryl methyl sites for hydroxylation is 2. The molecule has 1 N–H and O–H groups in total. The molecule has 0 unspecified atom stereocenters. The van der Waals surface area contributed by atoms with Crippen molar-refractivity contribution in [1.82, 2.24) is 15.3 Å². The van der Waals surface area contributed by atoms with Gasteiger partial charge < -0.3 is 10.2 Å². The average molecular weight is 366 g/mol. The summed E-state index contributed by atoms with van der Waals surface area (Å²) in [6.07, 6.45) is 1.02. The predicted molar refractivity (Wildman–Crippen MR) is 106 cm³/mol. The molecule has 0 bridgehead atoms. The van der Waals surface area contributed by atoms with E-state index in [9.17, 15) is 4.79 Å². The standard InChI is InChI=1S/C20H22N4OS/c1-12-10-17(23-13(2)22-12)24-9-8-14(11-24)18-15-6-4-5-7-16(15)26-19(18)20(25)21-3/h4-7,10,14H,8-9,11H2,1-3H3,(H,21,25)/t14-/m1/s1. The molecule has 0 radical (unpaired) electrons. The smallest absolute Gasteiger partial charge is 0.261 e. The Balaban J connectivity index is 1.71. The zero-order chi connectivity index (χ0) is 18.3. The van der Waals surface area contributed by atoms with Crippen molar-refractivity contribution in [2.24, 2.45) is 0 Å². The normalized spacial score (nSPS) is 17.0. The molecule has 26 heavy (non-hydrogen) atoms. The summed E-state index contributed by atoms with van der Waals surface area (Å²) in [5.41, 5.74) is 2.18. The van der Waals surface area contributed by atoms with E-state index in [4.69, 9.17) is 0 Å². The molecular weight excluding hydrogens is 344 g/mol. The van der Waals surface area contributed by atoms with E-state index in [1.54, 1.807) is 18.4 Å². The second kappa shape index (κ2) is 6.68. The third kappa shape index (κ3) is 2.94. The minimum atomic E-state index is 0.00775. The van der Waals surface area contributed by atoms with E-state index < -0.39 is 0 Å². The largest absolute Gasteiger partial charge is 0.356 e. The van der Waals surface area contributed by atoms with E-state index in [1.807, 2.05) is 26.0 Å². The van der Waals surface area contributed by atoms with Crippen LogP contribution in [0.15, 0.2) is 30.3 Å². The van der Waals surface area contributed by atoms with Gasteiger partial charge in [0.2, 0.25) is 0 Å². The monoisotopic (exact) mass is 366 g/mol. The van der Waals surface area contributed by atoms with Crippen LogP contribution >= 0.6 is 11.3 Å². The lowest BCUT2D eigenvalue weighted by molar-refractivity contribution is 0.0966. The molecule has 0 aliphatic carbocycles. The van der Waals surface area contributed by atoms with Crippen molar-refractivity contribution in [3.63, 3.8) is 0 Å². The van der Waals surface area contributed by atoms with Crippen LogP contribution in [0, 0.1) is 13.8 Å². The molecule has 1 aliphatic rings. The molecule has 1 fully saturated rings. The van der Waals surface area contributed by atoms with E-state index >= 15 is 0 Å². The molecule has 1 amide bonds. The highest BCUT2D eigenvalue weighted by Crippen LogP contribution is 2.40. The Morgan fingerprint density at radius 1 is 1.27 bits per heavy atom. The summed E-state index contributed by atoms with van der Waals surface area (Å²) in [6, 6.07) is 10.4. The Bertz CT molecular complexity index is 961. The predicted octanol–water partition coefficient (Wildman–Crippen LogP) is 3.66. The molecule has 5 nitrogen and oxygen atoms in total. The van der Waals surface area contributed by atoms with E-state index in [2.05, 4.69) is 38.4 Å². The zero-order valence-corrected chi connectivity index (χ0v) is 16.1. The van der Waals surface area contributed by atoms with Crippen LogP contribution in [0.25, 0.3) is 10.1 Å². The highest BCUT2D eigenvalue weighted by Gasteiger charge is 2.31. The highest BCUT2D eigenvalue weighted by atomic mass is 32.1. The van der Waals surface area contributed by atoms with Crippen molar-refractivity contribution in [3.8, 4) is 0 Å². The molecule has 3 heterocycles. The van der Waals surface area contributed by atoms with Crippen molar-refractivity contribution < 1.29 is 4.79 Å². The van der Waals surface area contributed by atoms with Crippen LogP contribution in [0.3, 0.4) is 0 Å². The Morgan fingerprint density at radius 3 is 2.85 bits per heavy atom. The van der Waals surface area contributed by atoms with Gasteiger partial charge in [-0.05, 0) is 37.3 Å². The van der Waals surface area contributed by atoms with Crippen LogP contribution in [0.1, 0.15) is 39.1 Å². The lowest BCUT2D eigenvalue weighted by Crippen LogP contribution is -2.22. The number of carbonyl (C=O) groups excluding carboxylic acids is 1. The first-order chi connectivity index (χ1) is 12.6. The quantitative estimate of drug-likeness (QED) is 0.768. The van der Waals surface area contributed by atoms with E-state index in [0.29, 0.717) is 5.92 Å². The van der Waals surface area contributed by atoms with Gasteiger partial charge in [-0.25, -0.2) is 9.97 Å². The number of thiophene rings is 1. The Hall–Kier alpha value is -2.47. The molecular formula is C20H22N4OS. The van der Waals surface area contributed by atoms with Crippen LogP contribution in [-0.2, 0) is 0 Å². The van der Waals surface area contributed by atoms with Crippen molar-refractivity contribution in [2.75, 3.05) is 25.0 Å². The molecule has 3 aromatic rings. The molecule has 1 aliphatic heterocycles. The third-order valence-electron chi connectivity index (χ3n) is 4.94. The number of carbonyl (C=O) groups is 1. The molecule has 1 aromatic carbocycles. The van der Waals surface area contributed by atoms with E-state index in [-0.39, 0.29) is 5.91 Å². The molecule has 1 saturated heterocycles. The SMILES string of the molecule is CNC(=O)c1sc2ccccc2c1[C@@H]1CCN(c2cc(C)nc(C)n2)C1. The Morgan fingerprint density at radius 2 is 2.08 bits per heavy atom. The van der Waals surface area contributed by atoms with Gasteiger partial charge in [-0.15, -0.1) is 11.3 Å². The molecule has 134 valence electrons. The number of rotatable bonds is 3. The maximum Gasteiger partial charge on any atom is 0.261 e. The fraction of sp³-hybridized carbons (Fsp3) is 0.350. The first-order valence-corrected chi connectivity index (χ1v) is 9.69. The van der Waals surface area contributed by atoms with Crippen LogP contribution in [-0.4, -0.2) is 36.0 Å². The number of nitrogens with zero attached hydrogens (tertiary/aromatic N) is 3. The number of benzene rings is 1. The fourth-order valence-corrected chi connectivity index (χ4v) is 5.05. The fourth-order valence-electron chi connectivity index (χ4n) is 3.82. The summed E-state index contributed by atoms with van der Waals surface area (Å²) < 4.78 is 1.17. The first-order valence-electron chi connectivity index (χ1n) is 8.87. The van der Waals surface area contributed by atoms with Crippen molar-refractivity contribution in [1.29, 1.82) is 0 Å². The van der Waals surface area contributed by atoms with Crippen LogP contribution in [0.4, 0.5) is 5.82 Å². The average Bonchev–Trinajstić information content (AvgIpc) is 3.24. The summed E-state index contributed by atoms with van der Waals surface area (Å²) in [6.45, 7) is 5.75. The van der Waals surface area contributed by atoms with Crippen LogP contribution in [0.5, 0.6) is 0 Å². The molecule has 6 heteroatoms. The lowest BCUT2D eigenvalue weighted by Gasteiger charge is -2.18. The summed E-state index contributed by atoms with van der Waals surface area (Å²) in [7, 11) is 1.70. The van der Waals surface area contributed by atoms with Gasteiger partial charge in [-0.2, -0.15) is 0 Å². The number of nitrogens with one attached hydrogen (secondary N) is 1. The van der Waals surface area contributed by atoms with Gasteiger partial charge in [0.15, 0.2) is 0 Å². The molecule has 1 atom stereocenters. The lowest BCUT2D eigenvalue weighted by atomic mass is 9.95. The second-order valence-corrected chi connectivity index (χ2v) is 7.82. The maximum atomic E-state index is 12.5. The van der Waals surface area contributed by atoms with Gasteiger partial charge in [0, 0.05) is 42.5 Å². The van der Waals surface area contributed by atoms with Gasteiger partial charge in [0.25, 0.3) is 5.91 Å². The molecule has 0 spiro atoms. The third-order valence-corrected chi connectivity index (χ3v) is 6.13. The molecule has 0 saturated carbocycles. The zero-order valence-electron chi connectivity index (χ0n) is 15.2. The van der Waals surface area contributed by atoms with Gasteiger partial charge in [-0.3, -0.25) is 4.79 Å². The topological polar surface area (TPSA) is 58.1 Å². The highest BCUT2D eigenvalue weighted by molar-refractivity contribution is 7.21. The minimum Gasteiger partial charge on any atom is -0.356 e. The number of fused-ring (bicyclic) bond motifs is 1. The molecule has 4 rings (SSSR count). The van der Waals surface area contributed by atoms with Crippen LogP contribution < -0.4 is 10.2 Å². The van der Waals surface area contributed by atoms with Crippen molar-refractivity contribution >= 4 is 33.1 Å². The number of hydrogen-bond acceptors (Lipinski definition) is 5. The van der Waals surface area contributed by atoms with Gasteiger partial charge in [0.05, 0.1) is 4.88 Å². The van der Waals surface area contributed by atoms with Crippen LogP contribution in [0.2, 0.25) is 0 Å². The van der Waals surface area contributed by atoms with Crippen molar-refractivity contribution in [3.05, 3.63) is 52.3 Å². The number of anilines is 1. The Labute approximate surface area is 157 Å².